The molecule has 0 N–H and O–H groups in total. The topological polar surface area (TPSA) is 0 Å². The number of halogens is 1. The molecular weight excluding hydrogens is 283 g/mol. The first-order valence-electron chi connectivity index (χ1n) is 5.23. The minimum absolute atomic E-state index is 0.407. The molecule has 0 heterocycles. The summed E-state index contributed by atoms with van der Waals surface area (Å²) in [5, 5.41) is 0. The van der Waals surface area contributed by atoms with Crippen molar-refractivity contribution >= 4 is 31.0 Å². The first kappa shape index (κ1) is 11.7. The van der Waals surface area contributed by atoms with Crippen molar-refractivity contribution in [1.29, 1.82) is 0 Å². The van der Waals surface area contributed by atoms with Crippen LogP contribution in [0.25, 0.3) is 0 Å². The number of hydrogen-bond acceptors (Lipinski definition) is 0. The van der Waals surface area contributed by atoms with Gasteiger partial charge in [0.15, 0.2) is 0 Å². The third kappa shape index (κ3) is 3.12. The molecule has 0 amide bonds. The first-order valence-corrected chi connectivity index (χ1v) is 7.61. The van der Waals surface area contributed by atoms with Crippen LogP contribution in [0.3, 0.4) is 0 Å². The van der Waals surface area contributed by atoms with Crippen molar-refractivity contribution in [1.82, 2.24) is 0 Å². The minimum atomic E-state index is 0.407. The van der Waals surface area contributed by atoms with Gasteiger partial charge in [0.25, 0.3) is 0 Å². The fourth-order valence-electron chi connectivity index (χ4n) is 1.52. The maximum absolute atomic E-state index is 6.07. The van der Waals surface area contributed by atoms with E-state index in [-0.39, 0.29) is 0 Å². The quantitative estimate of drug-likeness (QED) is 0.601. The van der Waals surface area contributed by atoms with Crippen molar-refractivity contribution in [2.45, 2.75) is 4.82 Å². The fraction of sp³-hybridized carbons (Fsp3) is 0.143. The Bertz CT molecular complexity index is 413. The molecular formula is C14H13ClSe. The molecule has 0 nitrogen and oxygen atoms in total. The van der Waals surface area contributed by atoms with Gasteiger partial charge in [0.2, 0.25) is 0 Å². The Kier molecular flexibility index (Phi) is 4.47. The fourth-order valence-corrected chi connectivity index (χ4v) is 4.12. The monoisotopic (exact) mass is 296 g/mol. The van der Waals surface area contributed by atoms with E-state index in [0.717, 1.165) is 0 Å². The molecule has 0 fully saturated rings. The van der Waals surface area contributed by atoms with Gasteiger partial charge in [0.1, 0.15) is 0 Å². The second kappa shape index (κ2) is 6.10. The van der Waals surface area contributed by atoms with Crippen LogP contribution in [-0.2, 0) is 0 Å². The van der Waals surface area contributed by atoms with Crippen LogP contribution >= 0.6 is 11.6 Å². The molecule has 0 aromatic heterocycles. The standard InChI is InChI=1S/C14H13ClSe/c15-11-14(12-7-3-1-4-8-12)16-13-9-5-2-6-10-13/h1-10,14H,11H2. The number of alkyl halides is 1. The van der Waals surface area contributed by atoms with Crippen molar-refractivity contribution in [3.63, 3.8) is 0 Å². The zero-order chi connectivity index (χ0) is 11.2. The van der Waals surface area contributed by atoms with E-state index in [4.69, 9.17) is 11.6 Å². The number of rotatable bonds is 4. The predicted molar refractivity (Wildman–Crippen MR) is 71.7 cm³/mol. The van der Waals surface area contributed by atoms with Crippen molar-refractivity contribution in [3.05, 3.63) is 66.2 Å². The third-order valence-electron chi connectivity index (χ3n) is 2.33. The average Bonchev–Trinajstić information content (AvgIpc) is 2.38. The van der Waals surface area contributed by atoms with Gasteiger partial charge in [-0.1, -0.05) is 0 Å². The molecule has 0 bridgehead atoms. The van der Waals surface area contributed by atoms with Crippen molar-refractivity contribution in [3.8, 4) is 0 Å². The van der Waals surface area contributed by atoms with E-state index >= 15 is 0 Å². The number of hydrogen-bond donors (Lipinski definition) is 0. The molecule has 0 aliphatic heterocycles. The molecule has 0 aliphatic carbocycles. The molecule has 0 radical (unpaired) electrons. The molecule has 1 atom stereocenters. The normalized spacial score (nSPS) is 12.3. The van der Waals surface area contributed by atoms with Crippen LogP contribution in [0, 0.1) is 0 Å². The van der Waals surface area contributed by atoms with Gasteiger partial charge in [-0.3, -0.25) is 0 Å². The Balaban J connectivity index is 2.13. The Morgan fingerprint density at radius 3 is 2.00 bits per heavy atom. The van der Waals surface area contributed by atoms with Crippen molar-refractivity contribution in [2.75, 3.05) is 5.88 Å². The van der Waals surface area contributed by atoms with E-state index in [1.165, 1.54) is 10.0 Å². The summed E-state index contributed by atoms with van der Waals surface area (Å²) < 4.78 is 1.41. The Morgan fingerprint density at radius 2 is 1.44 bits per heavy atom. The molecule has 2 aromatic rings. The van der Waals surface area contributed by atoms with Gasteiger partial charge in [-0.05, 0) is 0 Å². The second-order valence-electron chi connectivity index (χ2n) is 3.48. The van der Waals surface area contributed by atoms with E-state index in [0.29, 0.717) is 25.7 Å². The molecule has 0 spiro atoms. The first-order chi connectivity index (χ1) is 7.90. The van der Waals surface area contributed by atoms with Crippen LogP contribution in [0.1, 0.15) is 10.4 Å². The molecule has 82 valence electrons. The molecule has 0 saturated carbocycles. The summed E-state index contributed by atoms with van der Waals surface area (Å²) in [6.07, 6.45) is 0. The van der Waals surface area contributed by atoms with E-state index in [2.05, 4.69) is 54.6 Å². The zero-order valence-electron chi connectivity index (χ0n) is 8.84. The summed E-state index contributed by atoms with van der Waals surface area (Å²) in [6.45, 7) is 0. The SMILES string of the molecule is ClCC([Se]c1ccccc1)c1ccccc1. The number of benzene rings is 2. The van der Waals surface area contributed by atoms with E-state index < -0.39 is 0 Å². The summed E-state index contributed by atoms with van der Waals surface area (Å²) in [7, 11) is 0. The molecule has 2 heteroatoms. The van der Waals surface area contributed by atoms with Crippen LogP contribution in [0.2, 0.25) is 0 Å². The van der Waals surface area contributed by atoms with Crippen LogP contribution in [0.15, 0.2) is 60.7 Å². The van der Waals surface area contributed by atoms with E-state index in [9.17, 15) is 0 Å². The Morgan fingerprint density at radius 1 is 0.875 bits per heavy atom. The van der Waals surface area contributed by atoms with Crippen molar-refractivity contribution < 1.29 is 0 Å². The maximum atomic E-state index is 6.07. The third-order valence-corrected chi connectivity index (χ3v) is 5.72. The van der Waals surface area contributed by atoms with Gasteiger partial charge >= 0.3 is 108 Å². The van der Waals surface area contributed by atoms with Gasteiger partial charge in [0, 0.05) is 0 Å². The molecule has 16 heavy (non-hydrogen) atoms. The molecule has 0 aliphatic rings. The van der Waals surface area contributed by atoms with Crippen molar-refractivity contribution in [2.24, 2.45) is 0 Å². The van der Waals surface area contributed by atoms with Crippen LogP contribution in [-0.4, -0.2) is 20.8 Å². The summed E-state index contributed by atoms with van der Waals surface area (Å²) in [6, 6.07) is 21.1. The van der Waals surface area contributed by atoms with E-state index in [1.54, 1.807) is 0 Å². The van der Waals surface area contributed by atoms with E-state index in [1.807, 2.05) is 6.07 Å². The van der Waals surface area contributed by atoms with Gasteiger partial charge in [-0.2, -0.15) is 0 Å². The summed E-state index contributed by atoms with van der Waals surface area (Å²) in [4.78, 5) is 0.470. The van der Waals surface area contributed by atoms with Gasteiger partial charge < -0.3 is 0 Å². The van der Waals surface area contributed by atoms with Gasteiger partial charge in [-0.25, -0.2) is 0 Å². The predicted octanol–water partition coefficient (Wildman–Crippen LogP) is 3.00. The summed E-state index contributed by atoms with van der Waals surface area (Å²) in [5.41, 5.74) is 1.35. The van der Waals surface area contributed by atoms with Gasteiger partial charge in [-0.15, -0.1) is 0 Å². The van der Waals surface area contributed by atoms with Gasteiger partial charge in [0.05, 0.1) is 0 Å². The molecule has 0 saturated heterocycles. The Hall–Kier alpha value is -0.751. The van der Waals surface area contributed by atoms with Crippen LogP contribution in [0.4, 0.5) is 0 Å². The van der Waals surface area contributed by atoms with Crippen LogP contribution in [0.5, 0.6) is 0 Å². The summed E-state index contributed by atoms with van der Waals surface area (Å²) in [5.74, 6) is 0.693. The zero-order valence-corrected chi connectivity index (χ0v) is 11.3. The Labute approximate surface area is 108 Å². The second-order valence-corrected chi connectivity index (χ2v) is 6.47. The van der Waals surface area contributed by atoms with Crippen LogP contribution < -0.4 is 4.46 Å². The molecule has 1 unspecified atom stereocenters. The average molecular weight is 296 g/mol. The molecule has 2 rings (SSSR count). The summed E-state index contributed by atoms with van der Waals surface area (Å²) >= 11 is 6.47. The molecule has 2 aromatic carbocycles.